The topological polar surface area (TPSA) is 95.0 Å². The summed E-state index contributed by atoms with van der Waals surface area (Å²) >= 11 is 12.7. The summed E-state index contributed by atoms with van der Waals surface area (Å²) in [5.41, 5.74) is 0.311. The lowest BCUT2D eigenvalue weighted by Gasteiger charge is -2.52. The number of hydrogen-bond acceptors (Lipinski definition) is 4. The highest BCUT2D eigenvalue weighted by atomic mass is 35.5. The third-order valence-corrected chi connectivity index (χ3v) is 11.7. The molecule has 3 aromatic rings. The third kappa shape index (κ3) is 5.59. The Kier molecular flexibility index (Phi) is 8.46. The minimum Gasteiger partial charge on any atom is -0.481 e. The minimum absolute atomic E-state index is 0.0434. The van der Waals surface area contributed by atoms with Crippen LogP contribution in [0.3, 0.4) is 0 Å². The van der Waals surface area contributed by atoms with Crippen molar-refractivity contribution in [3.8, 4) is 0 Å². The minimum atomic E-state index is -3.86. The Morgan fingerprint density at radius 3 is 2.26 bits per heavy atom. The number of nitrogens with zero attached hydrogens (tertiary/aromatic N) is 2. The van der Waals surface area contributed by atoms with Gasteiger partial charge in [-0.25, -0.2) is 8.42 Å². The van der Waals surface area contributed by atoms with Crippen LogP contribution in [0.2, 0.25) is 10.0 Å². The first-order valence-electron chi connectivity index (χ1n) is 14.4. The number of carbonyl (C=O) groups excluding carboxylic acids is 1. The second-order valence-electron chi connectivity index (χ2n) is 12.4. The van der Waals surface area contributed by atoms with Crippen LogP contribution in [-0.4, -0.2) is 47.2 Å². The van der Waals surface area contributed by atoms with Crippen LogP contribution >= 0.6 is 23.2 Å². The van der Waals surface area contributed by atoms with Crippen molar-refractivity contribution in [2.75, 3.05) is 6.54 Å². The summed E-state index contributed by atoms with van der Waals surface area (Å²) in [5.74, 6) is -1.71. The fourth-order valence-electron chi connectivity index (χ4n) is 6.96. The molecule has 0 spiro atoms. The molecule has 0 unspecified atom stereocenters. The zero-order chi connectivity index (χ0) is 31.3. The predicted molar refractivity (Wildman–Crippen MR) is 168 cm³/mol. The molecule has 1 N–H and O–H groups in total. The summed E-state index contributed by atoms with van der Waals surface area (Å²) in [4.78, 5) is 28.8. The number of carbonyl (C=O) groups is 2. The number of carboxylic acids is 1. The number of likely N-dealkylation sites (tertiary alicyclic amines) is 1. The second kappa shape index (κ2) is 11.5. The first-order valence-corrected chi connectivity index (χ1v) is 16.6. The molecule has 1 saturated heterocycles. The molecule has 0 bridgehead atoms. The number of piperidine rings is 1. The van der Waals surface area contributed by atoms with E-state index in [1.54, 1.807) is 42.2 Å². The summed E-state index contributed by atoms with van der Waals surface area (Å²) < 4.78 is 29.3. The van der Waals surface area contributed by atoms with Crippen LogP contribution in [0, 0.1) is 5.41 Å². The number of halogens is 2. The lowest BCUT2D eigenvalue weighted by atomic mass is 9.67. The van der Waals surface area contributed by atoms with Crippen LogP contribution < -0.4 is 0 Å². The Morgan fingerprint density at radius 1 is 0.977 bits per heavy atom. The van der Waals surface area contributed by atoms with Crippen molar-refractivity contribution < 1.29 is 23.1 Å². The molecule has 2 aliphatic rings. The molecule has 228 valence electrons. The van der Waals surface area contributed by atoms with Gasteiger partial charge in [0.25, 0.3) is 0 Å². The van der Waals surface area contributed by atoms with Gasteiger partial charge >= 0.3 is 5.97 Å². The van der Waals surface area contributed by atoms with E-state index in [2.05, 4.69) is 0 Å². The quantitative estimate of drug-likeness (QED) is 0.279. The first-order chi connectivity index (χ1) is 20.2. The number of sulfonamides is 1. The molecule has 2 heterocycles. The molecule has 0 aromatic heterocycles. The van der Waals surface area contributed by atoms with Gasteiger partial charge < -0.3 is 10.0 Å². The molecule has 0 radical (unpaired) electrons. The van der Waals surface area contributed by atoms with Crippen LogP contribution in [-0.2, 0) is 25.2 Å². The van der Waals surface area contributed by atoms with Crippen molar-refractivity contribution in [3.05, 3.63) is 99.5 Å². The van der Waals surface area contributed by atoms with E-state index in [4.69, 9.17) is 23.2 Å². The van der Waals surface area contributed by atoms with Gasteiger partial charge in [0.2, 0.25) is 15.9 Å². The molecule has 1 fully saturated rings. The highest BCUT2D eigenvalue weighted by Gasteiger charge is 2.54. The lowest BCUT2D eigenvalue weighted by Crippen LogP contribution is -2.59. The van der Waals surface area contributed by atoms with Crippen molar-refractivity contribution >= 4 is 45.1 Å². The van der Waals surface area contributed by atoms with Crippen LogP contribution in [0.1, 0.15) is 75.6 Å². The molecule has 0 saturated carbocycles. The average molecular weight is 644 g/mol. The highest BCUT2D eigenvalue weighted by molar-refractivity contribution is 7.89. The largest absolute Gasteiger partial charge is 0.481 e. The van der Waals surface area contributed by atoms with Gasteiger partial charge in [-0.05, 0) is 73.7 Å². The van der Waals surface area contributed by atoms with Gasteiger partial charge in [-0.1, -0.05) is 79.5 Å². The van der Waals surface area contributed by atoms with Crippen molar-refractivity contribution in [2.45, 2.75) is 75.4 Å². The van der Waals surface area contributed by atoms with Gasteiger partial charge in [0.15, 0.2) is 0 Å². The van der Waals surface area contributed by atoms with Crippen LogP contribution in [0.15, 0.2) is 77.7 Å². The highest BCUT2D eigenvalue weighted by Crippen LogP contribution is 2.53. The molecule has 0 aliphatic carbocycles. The summed E-state index contributed by atoms with van der Waals surface area (Å²) in [7, 11) is -3.86. The predicted octanol–water partition coefficient (Wildman–Crippen LogP) is 7.25. The standard InChI is InChI=1S/C33H36Cl2N2O5S/c1-5-25(20-36-32(2,3)27-11-6-7-12-28(27)43(36,41)42)37-30(21-13-15-23(34)16-14-21)26(22-9-8-10-24(35)17-22)18-33(4,31(37)40)19-29(38)39/h6-17,25-26,30H,5,18-20H2,1-4H3,(H,38,39)/t25-,26+,30+,33+/m0/s1. The number of amides is 1. The Bertz CT molecular complexity index is 1660. The van der Waals surface area contributed by atoms with Crippen LogP contribution in [0.5, 0.6) is 0 Å². The number of rotatable bonds is 8. The number of hydrogen-bond donors (Lipinski definition) is 1. The van der Waals surface area contributed by atoms with E-state index in [1.165, 1.54) is 4.31 Å². The first kappa shape index (κ1) is 31.5. The lowest BCUT2D eigenvalue weighted by molar-refractivity contribution is -0.161. The fourth-order valence-corrected chi connectivity index (χ4v) is 9.44. The summed E-state index contributed by atoms with van der Waals surface area (Å²) in [6.07, 6.45) is 0.361. The van der Waals surface area contributed by atoms with E-state index in [9.17, 15) is 23.1 Å². The maximum atomic E-state index is 14.6. The Hall–Kier alpha value is -2.91. The van der Waals surface area contributed by atoms with E-state index in [1.807, 2.05) is 63.2 Å². The van der Waals surface area contributed by atoms with E-state index in [0.29, 0.717) is 22.0 Å². The van der Waals surface area contributed by atoms with Gasteiger partial charge in [0, 0.05) is 28.5 Å². The van der Waals surface area contributed by atoms with Crippen LogP contribution in [0.25, 0.3) is 0 Å². The van der Waals surface area contributed by atoms with Gasteiger partial charge in [-0.3, -0.25) is 9.59 Å². The molecule has 2 aliphatic heterocycles. The molecule has 43 heavy (non-hydrogen) atoms. The van der Waals surface area contributed by atoms with Crippen molar-refractivity contribution in [2.24, 2.45) is 5.41 Å². The number of aliphatic carboxylic acids is 1. The zero-order valence-corrected chi connectivity index (χ0v) is 27.0. The van der Waals surface area contributed by atoms with E-state index in [-0.39, 0.29) is 36.1 Å². The Labute approximate surface area is 263 Å². The molecule has 5 rings (SSSR count). The van der Waals surface area contributed by atoms with Gasteiger partial charge in [0.1, 0.15) is 0 Å². The van der Waals surface area contributed by atoms with E-state index >= 15 is 0 Å². The van der Waals surface area contributed by atoms with Gasteiger partial charge in [-0.2, -0.15) is 4.31 Å². The van der Waals surface area contributed by atoms with Crippen molar-refractivity contribution in [3.63, 3.8) is 0 Å². The summed E-state index contributed by atoms with van der Waals surface area (Å²) in [5, 5.41) is 11.0. The molecule has 7 nitrogen and oxygen atoms in total. The molecular formula is C33H36Cl2N2O5S. The van der Waals surface area contributed by atoms with Crippen molar-refractivity contribution in [1.29, 1.82) is 0 Å². The van der Waals surface area contributed by atoms with Gasteiger partial charge in [0.05, 0.1) is 28.3 Å². The summed E-state index contributed by atoms with van der Waals surface area (Å²) in [6.45, 7) is 7.42. The normalized spacial score (nSPS) is 25.3. The van der Waals surface area contributed by atoms with E-state index < -0.39 is 39.0 Å². The maximum absolute atomic E-state index is 14.6. The molecular weight excluding hydrogens is 607 g/mol. The van der Waals surface area contributed by atoms with Crippen molar-refractivity contribution in [1.82, 2.24) is 9.21 Å². The number of fused-ring (bicyclic) bond motifs is 1. The number of carboxylic acid groups (broad SMARTS) is 1. The van der Waals surface area contributed by atoms with Crippen LogP contribution in [0.4, 0.5) is 0 Å². The fraction of sp³-hybridized carbons (Fsp3) is 0.394. The van der Waals surface area contributed by atoms with Gasteiger partial charge in [-0.15, -0.1) is 0 Å². The average Bonchev–Trinajstić information content (AvgIpc) is 3.10. The SMILES string of the molecule is CC[C@@H](CN1C(C)(C)c2ccccc2S1(=O)=O)N1C(=O)[C@@](C)(CC(=O)O)C[C@H](c2cccc(Cl)c2)[C@H]1c1ccc(Cl)cc1. The second-order valence-corrected chi connectivity index (χ2v) is 15.1. The Balaban J connectivity index is 1.68. The smallest absolute Gasteiger partial charge is 0.304 e. The van der Waals surface area contributed by atoms with E-state index in [0.717, 1.165) is 11.1 Å². The monoisotopic (exact) mass is 642 g/mol. The third-order valence-electron chi connectivity index (χ3n) is 9.11. The molecule has 4 atom stereocenters. The maximum Gasteiger partial charge on any atom is 0.304 e. The molecule has 3 aromatic carbocycles. The molecule has 10 heteroatoms. The number of benzene rings is 3. The Morgan fingerprint density at radius 2 is 1.65 bits per heavy atom. The summed E-state index contributed by atoms with van der Waals surface area (Å²) in [6, 6.07) is 20.6. The molecule has 1 amide bonds. The zero-order valence-electron chi connectivity index (χ0n) is 24.6.